The molecule has 1 N–H and O–H groups in total. The fraction of sp³-hybridized carbons (Fsp3) is 0.571. The highest BCUT2D eigenvalue weighted by molar-refractivity contribution is 6.33. The molecule has 0 atom stereocenters. The van der Waals surface area contributed by atoms with Crippen LogP contribution in [0.4, 0.5) is 0 Å². The van der Waals surface area contributed by atoms with Gasteiger partial charge in [0.15, 0.2) is 0 Å². The van der Waals surface area contributed by atoms with Crippen LogP contribution in [0.15, 0.2) is 12.3 Å². The summed E-state index contributed by atoms with van der Waals surface area (Å²) >= 11 is 6.00. The Morgan fingerprint density at radius 2 is 2.21 bits per heavy atom. The summed E-state index contributed by atoms with van der Waals surface area (Å²) < 4.78 is 5.42. The lowest BCUT2D eigenvalue weighted by Gasteiger charge is -2.08. The van der Waals surface area contributed by atoms with Gasteiger partial charge in [0, 0.05) is 25.0 Å². The zero-order chi connectivity index (χ0) is 14.3. The smallest absolute Gasteiger partial charge is 0.254 e. The Labute approximate surface area is 119 Å². The second kappa shape index (κ2) is 8.12. The summed E-state index contributed by atoms with van der Waals surface area (Å²) in [6.45, 7) is 7.19. The minimum absolute atomic E-state index is 0.178. The first-order valence-corrected chi connectivity index (χ1v) is 6.90. The van der Waals surface area contributed by atoms with Crippen LogP contribution in [0.25, 0.3) is 0 Å². The quantitative estimate of drug-likeness (QED) is 0.783. The van der Waals surface area contributed by atoms with Gasteiger partial charge in [0.1, 0.15) is 0 Å². The fourth-order valence-corrected chi connectivity index (χ4v) is 1.83. The maximum atomic E-state index is 11.9. The largest absolute Gasteiger partial charge is 0.379 e. The van der Waals surface area contributed by atoms with E-state index in [1.54, 1.807) is 6.07 Å². The Morgan fingerprint density at radius 1 is 1.47 bits per heavy atom. The molecule has 0 fully saturated rings. The summed E-state index contributed by atoms with van der Waals surface area (Å²) in [4.78, 5) is 15.9. The lowest BCUT2D eigenvalue weighted by molar-refractivity contribution is 0.0754. The van der Waals surface area contributed by atoms with E-state index in [1.807, 2.05) is 20.8 Å². The molecule has 1 heterocycles. The number of hydrogen-bond acceptors (Lipinski definition) is 3. The Bertz CT molecular complexity index is 422. The van der Waals surface area contributed by atoms with Crippen molar-refractivity contribution in [2.24, 2.45) is 0 Å². The third-order valence-corrected chi connectivity index (χ3v) is 2.86. The number of rotatable bonds is 7. The minimum atomic E-state index is -0.178. The predicted molar refractivity (Wildman–Crippen MR) is 76.6 cm³/mol. The SMILES string of the molecule is Cc1cc(Cl)c(C(=O)NCCCCOC(C)C)cn1. The van der Waals surface area contributed by atoms with Crippen LogP contribution in [0.3, 0.4) is 0 Å². The molecular weight excluding hydrogens is 264 g/mol. The fourth-order valence-electron chi connectivity index (χ4n) is 1.54. The Balaban J connectivity index is 2.28. The van der Waals surface area contributed by atoms with E-state index >= 15 is 0 Å². The van der Waals surface area contributed by atoms with Crippen LogP contribution < -0.4 is 5.32 Å². The summed E-state index contributed by atoms with van der Waals surface area (Å²) in [6, 6.07) is 1.69. The van der Waals surface area contributed by atoms with Gasteiger partial charge < -0.3 is 10.1 Å². The van der Waals surface area contributed by atoms with E-state index in [1.165, 1.54) is 6.20 Å². The summed E-state index contributed by atoms with van der Waals surface area (Å²) in [5.41, 5.74) is 1.22. The Hall–Kier alpha value is -1.13. The molecule has 19 heavy (non-hydrogen) atoms. The van der Waals surface area contributed by atoms with Gasteiger partial charge in [0.05, 0.1) is 16.7 Å². The van der Waals surface area contributed by atoms with Gasteiger partial charge in [-0.25, -0.2) is 0 Å². The van der Waals surface area contributed by atoms with Gasteiger partial charge in [-0.15, -0.1) is 0 Å². The number of nitrogens with zero attached hydrogens (tertiary/aromatic N) is 1. The number of aryl methyl sites for hydroxylation is 1. The van der Waals surface area contributed by atoms with Crippen molar-refractivity contribution in [3.63, 3.8) is 0 Å². The van der Waals surface area contributed by atoms with Gasteiger partial charge in [-0.05, 0) is 39.7 Å². The molecule has 0 aliphatic rings. The van der Waals surface area contributed by atoms with Gasteiger partial charge in [-0.3, -0.25) is 9.78 Å². The molecule has 0 bridgehead atoms. The van der Waals surface area contributed by atoms with E-state index in [-0.39, 0.29) is 12.0 Å². The minimum Gasteiger partial charge on any atom is -0.379 e. The first-order valence-electron chi connectivity index (χ1n) is 6.52. The number of ether oxygens (including phenoxy) is 1. The third kappa shape index (κ3) is 6.03. The van der Waals surface area contributed by atoms with Gasteiger partial charge >= 0.3 is 0 Å². The van der Waals surface area contributed by atoms with Crippen LogP contribution in [0.1, 0.15) is 42.7 Å². The number of amides is 1. The van der Waals surface area contributed by atoms with E-state index in [0.29, 0.717) is 17.1 Å². The van der Waals surface area contributed by atoms with E-state index in [0.717, 1.165) is 25.1 Å². The highest BCUT2D eigenvalue weighted by atomic mass is 35.5. The van der Waals surface area contributed by atoms with Crippen LogP contribution in [0.2, 0.25) is 5.02 Å². The molecule has 0 spiro atoms. The number of carbonyl (C=O) groups excluding carboxylic acids is 1. The third-order valence-electron chi connectivity index (χ3n) is 2.54. The van der Waals surface area contributed by atoms with Crippen LogP contribution >= 0.6 is 11.6 Å². The summed E-state index contributed by atoms with van der Waals surface area (Å²) in [5.74, 6) is -0.178. The maximum Gasteiger partial charge on any atom is 0.254 e. The number of pyridine rings is 1. The average Bonchev–Trinajstić information content (AvgIpc) is 2.32. The lowest BCUT2D eigenvalue weighted by atomic mass is 10.2. The van der Waals surface area contributed by atoms with Gasteiger partial charge in [0.25, 0.3) is 5.91 Å². The molecule has 0 radical (unpaired) electrons. The van der Waals surface area contributed by atoms with Crippen molar-refractivity contribution in [3.05, 3.63) is 28.5 Å². The number of aromatic nitrogens is 1. The number of carbonyl (C=O) groups is 1. The van der Waals surface area contributed by atoms with E-state index < -0.39 is 0 Å². The molecule has 0 aliphatic carbocycles. The van der Waals surface area contributed by atoms with Crippen molar-refractivity contribution < 1.29 is 9.53 Å². The number of nitrogens with one attached hydrogen (secondary N) is 1. The first-order chi connectivity index (χ1) is 9.00. The molecular formula is C14H21ClN2O2. The summed E-state index contributed by atoms with van der Waals surface area (Å²) in [7, 11) is 0. The molecule has 0 aliphatic heterocycles. The number of hydrogen-bond donors (Lipinski definition) is 1. The molecule has 0 saturated heterocycles. The zero-order valence-electron chi connectivity index (χ0n) is 11.7. The van der Waals surface area contributed by atoms with Crippen molar-refractivity contribution in [2.75, 3.05) is 13.2 Å². The van der Waals surface area contributed by atoms with Gasteiger partial charge in [0.2, 0.25) is 0 Å². The number of halogens is 1. The monoisotopic (exact) mass is 284 g/mol. The van der Waals surface area contributed by atoms with Crippen LogP contribution in [0.5, 0.6) is 0 Å². The standard InChI is InChI=1S/C14H21ClN2O2/c1-10(2)19-7-5-4-6-16-14(18)12-9-17-11(3)8-13(12)15/h8-10H,4-7H2,1-3H3,(H,16,18). The number of unbranched alkanes of at least 4 members (excludes halogenated alkanes) is 1. The van der Waals surface area contributed by atoms with Crippen molar-refractivity contribution in [2.45, 2.75) is 39.7 Å². The van der Waals surface area contributed by atoms with E-state index in [4.69, 9.17) is 16.3 Å². The Morgan fingerprint density at radius 3 is 2.84 bits per heavy atom. The van der Waals surface area contributed by atoms with Crippen LogP contribution in [0, 0.1) is 6.92 Å². The predicted octanol–water partition coefficient (Wildman–Crippen LogP) is 2.98. The molecule has 1 aromatic heterocycles. The van der Waals surface area contributed by atoms with Crippen molar-refractivity contribution in [1.82, 2.24) is 10.3 Å². The average molecular weight is 285 g/mol. The first kappa shape index (κ1) is 15.9. The van der Waals surface area contributed by atoms with E-state index in [9.17, 15) is 4.79 Å². The van der Waals surface area contributed by atoms with Gasteiger partial charge in [-0.2, -0.15) is 0 Å². The topological polar surface area (TPSA) is 51.2 Å². The second-order valence-electron chi connectivity index (χ2n) is 4.69. The van der Waals surface area contributed by atoms with E-state index in [2.05, 4.69) is 10.3 Å². The Kier molecular flexibility index (Phi) is 6.81. The molecule has 5 heteroatoms. The molecule has 1 aromatic rings. The molecule has 0 unspecified atom stereocenters. The van der Waals surface area contributed by atoms with Crippen molar-refractivity contribution in [3.8, 4) is 0 Å². The van der Waals surface area contributed by atoms with Crippen molar-refractivity contribution in [1.29, 1.82) is 0 Å². The molecule has 106 valence electrons. The van der Waals surface area contributed by atoms with Crippen LogP contribution in [-0.4, -0.2) is 30.1 Å². The summed E-state index contributed by atoms with van der Waals surface area (Å²) in [6.07, 6.45) is 3.58. The molecule has 1 rings (SSSR count). The molecule has 1 amide bonds. The molecule has 0 saturated carbocycles. The zero-order valence-corrected chi connectivity index (χ0v) is 12.5. The highest BCUT2D eigenvalue weighted by Crippen LogP contribution is 2.15. The lowest BCUT2D eigenvalue weighted by Crippen LogP contribution is -2.25. The van der Waals surface area contributed by atoms with Crippen molar-refractivity contribution >= 4 is 17.5 Å². The summed E-state index contributed by atoms with van der Waals surface area (Å²) in [5, 5.41) is 3.27. The highest BCUT2D eigenvalue weighted by Gasteiger charge is 2.10. The van der Waals surface area contributed by atoms with Gasteiger partial charge in [-0.1, -0.05) is 11.6 Å². The molecule has 4 nitrogen and oxygen atoms in total. The second-order valence-corrected chi connectivity index (χ2v) is 5.10. The normalized spacial score (nSPS) is 10.8. The van der Waals surface area contributed by atoms with Crippen LogP contribution in [-0.2, 0) is 4.74 Å². The maximum absolute atomic E-state index is 11.9. The molecule has 0 aromatic carbocycles.